The molecule has 0 bridgehead atoms. The second-order valence-corrected chi connectivity index (χ2v) is 8.27. The standard InChI is InChI=1S/C17H18O5S2/c1-24(19,20)22-8-3-2-4-12-5-6-15-14(10-12)16(18)17-13(11-21-15)7-9-23-17/h5-7,9-10H,2-4,8,11H2,1H3. The average molecular weight is 366 g/mol. The molecule has 1 aromatic carbocycles. The van der Waals surface area contributed by atoms with Crippen molar-refractivity contribution in [1.82, 2.24) is 0 Å². The van der Waals surface area contributed by atoms with Crippen LogP contribution < -0.4 is 4.74 Å². The Morgan fingerprint density at radius 2 is 2.08 bits per heavy atom. The van der Waals surface area contributed by atoms with Crippen molar-refractivity contribution in [1.29, 1.82) is 0 Å². The van der Waals surface area contributed by atoms with Gasteiger partial charge in [-0.2, -0.15) is 8.42 Å². The van der Waals surface area contributed by atoms with Crippen LogP contribution in [-0.2, 0) is 27.3 Å². The Morgan fingerprint density at radius 3 is 2.88 bits per heavy atom. The van der Waals surface area contributed by atoms with Crippen molar-refractivity contribution in [2.45, 2.75) is 25.9 Å². The second kappa shape index (κ2) is 7.04. The van der Waals surface area contributed by atoms with Crippen LogP contribution >= 0.6 is 11.3 Å². The first-order valence-electron chi connectivity index (χ1n) is 7.65. The summed E-state index contributed by atoms with van der Waals surface area (Å²) < 4.78 is 32.3. The van der Waals surface area contributed by atoms with Gasteiger partial charge in [-0.1, -0.05) is 6.07 Å². The molecule has 0 aliphatic carbocycles. The maximum atomic E-state index is 12.7. The SMILES string of the molecule is CS(=O)(=O)OCCCCc1ccc2c(c1)C(=O)c1sccc1CO2. The molecule has 0 saturated carbocycles. The Balaban J connectivity index is 1.66. The molecule has 2 aromatic rings. The second-order valence-electron chi connectivity index (χ2n) is 5.71. The molecule has 0 spiro atoms. The fourth-order valence-corrected chi connectivity index (χ4v) is 3.89. The first-order chi connectivity index (χ1) is 11.4. The molecule has 0 saturated heterocycles. The number of benzene rings is 1. The minimum atomic E-state index is -3.38. The van der Waals surface area contributed by atoms with Crippen LogP contribution in [0, 0.1) is 0 Å². The first-order valence-corrected chi connectivity index (χ1v) is 10.3. The Kier molecular flexibility index (Phi) is 5.03. The molecular weight excluding hydrogens is 348 g/mol. The van der Waals surface area contributed by atoms with Crippen molar-refractivity contribution in [3.63, 3.8) is 0 Å². The molecular formula is C17H18O5S2. The van der Waals surface area contributed by atoms with E-state index in [-0.39, 0.29) is 12.4 Å². The predicted molar refractivity (Wildman–Crippen MR) is 92.3 cm³/mol. The van der Waals surface area contributed by atoms with Crippen LogP contribution in [0.25, 0.3) is 0 Å². The van der Waals surface area contributed by atoms with E-state index in [2.05, 4.69) is 0 Å². The lowest BCUT2D eigenvalue weighted by Gasteiger charge is -2.09. The highest BCUT2D eigenvalue weighted by molar-refractivity contribution is 7.85. The van der Waals surface area contributed by atoms with Gasteiger partial charge in [-0.05, 0) is 48.4 Å². The van der Waals surface area contributed by atoms with Gasteiger partial charge in [0.05, 0.1) is 23.3 Å². The number of unbranched alkanes of at least 4 members (excludes halogenated alkanes) is 1. The van der Waals surface area contributed by atoms with Crippen LogP contribution in [0.2, 0.25) is 0 Å². The topological polar surface area (TPSA) is 69.7 Å². The van der Waals surface area contributed by atoms with Crippen molar-refractivity contribution >= 4 is 27.2 Å². The largest absolute Gasteiger partial charge is 0.488 e. The number of ether oxygens (including phenoxy) is 1. The fourth-order valence-electron chi connectivity index (χ4n) is 2.60. The van der Waals surface area contributed by atoms with Gasteiger partial charge in [-0.25, -0.2) is 0 Å². The first kappa shape index (κ1) is 17.1. The maximum absolute atomic E-state index is 12.7. The number of carbonyl (C=O) groups excluding carboxylic acids is 1. The highest BCUT2D eigenvalue weighted by atomic mass is 32.2. The van der Waals surface area contributed by atoms with Gasteiger partial charge in [-0.15, -0.1) is 11.3 Å². The summed E-state index contributed by atoms with van der Waals surface area (Å²) in [6, 6.07) is 7.59. The minimum Gasteiger partial charge on any atom is -0.488 e. The van der Waals surface area contributed by atoms with Crippen molar-refractivity contribution < 1.29 is 22.1 Å². The highest BCUT2D eigenvalue weighted by Crippen LogP contribution is 2.32. The van der Waals surface area contributed by atoms with Crippen molar-refractivity contribution in [3.05, 3.63) is 51.2 Å². The van der Waals surface area contributed by atoms with Gasteiger partial charge in [0, 0.05) is 5.56 Å². The van der Waals surface area contributed by atoms with Gasteiger partial charge >= 0.3 is 0 Å². The predicted octanol–water partition coefficient (Wildman–Crippen LogP) is 3.17. The quantitative estimate of drug-likeness (QED) is 0.580. The van der Waals surface area contributed by atoms with E-state index < -0.39 is 10.1 Å². The van der Waals surface area contributed by atoms with Crippen LogP contribution in [0.4, 0.5) is 0 Å². The van der Waals surface area contributed by atoms with Crippen LogP contribution in [0.1, 0.15) is 39.2 Å². The Hall–Kier alpha value is -1.70. The molecule has 0 fully saturated rings. The molecule has 1 aliphatic heterocycles. The molecule has 0 N–H and O–H groups in total. The van der Waals surface area contributed by atoms with E-state index >= 15 is 0 Å². The normalized spacial score (nSPS) is 13.8. The van der Waals surface area contributed by atoms with Gasteiger partial charge in [0.25, 0.3) is 10.1 Å². The Morgan fingerprint density at radius 1 is 1.25 bits per heavy atom. The van der Waals surface area contributed by atoms with E-state index in [4.69, 9.17) is 8.92 Å². The number of carbonyl (C=O) groups is 1. The summed E-state index contributed by atoms with van der Waals surface area (Å²) in [4.78, 5) is 13.4. The molecule has 1 aliphatic rings. The Labute approximate surface area is 145 Å². The molecule has 0 radical (unpaired) electrons. The molecule has 3 rings (SSSR count). The van der Waals surface area contributed by atoms with E-state index in [0.717, 1.165) is 35.1 Å². The average Bonchev–Trinajstić information content (AvgIpc) is 2.95. The summed E-state index contributed by atoms with van der Waals surface area (Å²) in [6.07, 6.45) is 3.23. The molecule has 0 atom stereocenters. The van der Waals surface area contributed by atoms with E-state index in [9.17, 15) is 13.2 Å². The Bertz CT molecular complexity index is 852. The summed E-state index contributed by atoms with van der Waals surface area (Å²) in [5, 5.41) is 1.91. The molecule has 128 valence electrons. The zero-order valence-electron chi connectivity index (χ0n) is 13.3. The maximum Gasteiger partial charge on any atom is 0.264 e. The van der Waals surface area contributed by atoms with Crippen LogP contribution in [-0.4, -0.2) is 27.1 Å². The van der Waals surface area contributed by atoms with Crippen molar-refractivity contribution in [2.75, 3.05) is 12.9 Å². The van der Waals surface area contributed by atoms with Gasteiger partial charge in [0.15, 0.2) is 0 Å². The van der Waals surface area contributed by atoms with E-state index in [1.165, 1.54) is 11.3 Å². The molecule has 24 heavy (non-hydrogen) atoms. The lowest BCUT2D eigenvalue weighted by molar-refractivity contribution is 0.104. The van der Waals surface area contributed by atoms with Crippen LogP contribution in [0.5, 0.6) is 5.75 Å². The van der Waals surface area contributed by atoms with E-state index in [0.29, 0.717) is 24.3 Å². The summed E-state index contributed by atoms with van der Waals surface area (Å²) in [5.74, 6) is 0.627. The number of hydrogen-bond acceptors (Lipinski definition) is 6. The lowest BCUT2D eigenvalue weighted by atomic mass is 10.0. The highest BCUT2D eigenvalue weighted by Gasteiger charge is 2.23. The van der Waals surface area contributed by atoms with Crippen molar-refractivity contribution in [2.24, 2.45) is 0 Å². The molecule has 0 unspecified atom stereocenters. The number of ketones is 1. The molecule has 1 aromatic heterocycles. The molecule has 7 heteroatoms. The number of rotatable bonds is 6. The smallest absolute Gasteiger partial charge is 0.264 e. The zero-order valence-corrected chi connectivity index (χ0v) is 14.9. The summed E-state index contributed by atoms with van der Waals surface area (Å²) >= 11 is 1.44. The van der Waals surface area contributed by atoms with E-state index in [1.54, 1.807) is 0 Å². The summed E-state index contributed by atoms with van der Waals surface area (Å²) in [6.45, 7) is 0.601. The molecule has 2 heterocycles. The summed E-state index contributed by atoms with van der Waals surface area (Å²) in [7, 11) is -3.38. The van der Waals surface area contributed by atoms with Crippen LogP contribution in [0.15, 0.2) is 29.6 Å². The molecule has 5 nitrogen and oxygen atoms in total. The third-order valence-electron chi connectivity index (χ3n) is 3.78. The van der Waals surface area contributed by atoms with Gasteiger partial charge < -0.3 is 4.74 Å². The van der Waals surface area contributed by atoms with E-state index in [1.807, 2.05) is 29.6 Å². The number of hydrogen-bond donors (Lipinski definition) is 0. The van der Waals surface area contributed by atoms with Gasteiger partial charge in [0.2, 0.25) is 5.78 Å². The lowest BCUT2D eigenvalue weighted by Crippen LogP contribution is -2.04. The van der Waals surface area contributed by atoms with Crippen LogP contribution in [0.3, 0.4) is 0 Å². The third-order valence-corrected chi connectivity index (χ3v) is 5.33. The minimum absolute atomic E-state index is 0.00904. The van der Waals surface area contributed by atoms with Gasteiger partial charge in [0.1, 0.15) is 12.4 Å². The zero-order chi connectivity index (χ0) is 17.2. The number of fused-ring (bicyclic) bond motifs is 2. The number of thiophene rings is 1. The monoisotopic (exact) mass is 366 g/mol. The number of aryl methyl sites for hydroxylation is 1. The molecule has 0 amide bonds. The van der Waals surface area contributed by atoms with Gasteiger partial charge in [-0.3, -0.25) is 8.98 Å². The van der Waals surface area contributed by atoms with Crippen molar-refractivity contribution in [3.8, 4) is 5.75 Å². The fraction of sp³-hybridized carbons (Fsp3) is 0.353. The third kappa shape index (κ3) is 4.03. The summed E-state index contributed by atoms with van der Waals surface area (Å²) in [5.41, 5.74) is 2.56.